The minimum atomic E-state index is -0.425. The Morgan fingerprint density at radius 1 is 0.625 bits per heavy atom. The molecule has 184 valence electrons. The maximum atomic E-state index is 10.6. The molecular weight excluding hydrogens is 406 g/mol. The van der Waals surface area contributed by atoms with Crippen molar-refractivity contribution in [3.05, 3.63) is 34.4 Å². The average Bonchev–Trinajstić information content (AvgIpc) is 2.80. The van der Waals surface area contributed by atoms with Crippen molar-refractivity contribution in [2.24, 2.45) is 0 Å². The molecule has 1 rings (SSSR count). The summed E-state index contributed by atoms with van der Waals surface area (Å²) in [6.07, 6.45) is 19.1. The molecule has 0 radical (unpaired) electrons. The summed E-state index contributed by atoms with van der Waals surface area (Å²) in [6, 6.07) is 6.05. The molecule has 0 fully saturated rings. The predicted molar refractivity (Wildman–Crippen MR) is 131 cm³/mol. The van der Waals surface area contributed by atoms with Crippen LogP contribution < -0.4 is 4.74 Å². The summed E-state index contributed by atoms with van der Waals surface area (Å²) in [4.78, 5) is 10.2. The fourth-order valence-corrected chi connectivity index (χ4v) is 3.60. The van der Waals surface area contributed by atoms with Gasteiger partial charge in [0.05, 0.1) is 24.7 Å². The summed E-state index contributed by atoms with van der Waals surface area (Å²) in [5.74, 6) is 0.605. The van der Waals surface area contributed by atoms with E-state index in [1.165, 1.54) is 95.6 Å². The molecule has 6 heteroatoms. The first kappa shape index (κ1) is 28.4. The highest BCUT2D eigenvalue weighted by Crippen LogP contribution is 2.17. The van der Waals surface area contributed by atoms with E-state index in [4.69, 9.17) is 14.2 Å². The molecule has 6 nitrogen and oxygen atoms in total. The highest BCUT2D eigenvalue weighted by atomic mass is 16.6. The Balaban J connectivity index is 1.73. The maximum absolute atomic E-state index is 10.6. The monoisotopic (exact) mass is 451 g/mol. The Kier molecular flexibility index (Phi) is 18.8. The van der Waals surface area contributed by atoms with Gasteiger partial charge in [-0.1, -0.05) is 90.4 Å². The number of nitrogens with zero attached hydrogens (tertiary/aromatic N) is 1. The van der Waals surface area contributed by atoms with Crippen molar-refractivity contribution in [2.45, 2.75) is 96.8 Å². The van der Waals surface area contributed by atoms with Crippen LogP contribution in [0.15, 0.2) is 24.3 Å². The lowest BCUT2D eigenvalue weighted by molar-refractivity contribution is -0.384. The first-order valence-electron chi connectivity index (χ1n) is 12.8. The topological polar surface area (TPSA) is 70.8 Å². The molecule has 0 aromatic heterocycles. The first-order chi connectivity index (χ1) is 15.7. The van der Waals surface area contributed by atoms with Gasteiger partial charge in [-0.3, -0.25) is 10.1 Å². The minimum Gasteiger partial charge on any atom is -0.491 e. The summed E-state index contributed by atoms with van der Waals surface area (Å²) < 4.78 is 16.6. The highest BCUT2D eigenvalue weighted by Gasteiger charge is 2.04. The summed E-state index contributed by atoms with van der Waals surface area (Å²) >= 11 is 0. The zero-order valence-corrected chi connectivity index (χ0v) is 20.2. The quantitative estimate of drug-likeness (QED) is 0.0979. The zero-order chi connectivity index (χ0) is 23.1. The number of non-ortho nitro benzene ring substituents is 1. The summed E-state index contributed by atoms with van der Waals surface area (Å²) in [6.45, 7) is 5.13. The number of nitro groups is 1. The van der Waals surface area contributed by atoms with Crippen LogP contribution in [0.25, 0.3) is 0 Å². The number of hydrogen-bond acceptors (Lipinski definition) is 5. The van der Waals surface area contributed by atoms with Crippen LogP contribution in [-0.2, 0) is 9.47 Å². The standard InChI is InChI=1S/C26H45NO5/c1-2-3-4-5-6-7-8-9-10-11-12-13-14-15-20-30-21-22-31-23-24-32-26-18-16-25(17-19-26)27(28)29/h16-19H,2-15,20-24H2,1H3. The SMILES string of the molecule is CCCCCCCCCCCCCCCCOCCOCCOc1ccc([N+](=O)[O-])cc1. The van der Waals surface area contributed by atoms with E-state index in [9.17, 15) is 10.1 Å². The van der Waals surface area contributed by atoms with Gasteiger partial charge >= 0.3 is 0 Å². The largest absolute Gasteiger partial charge is 0.491 e. The van der Waals surface area contributed by atoms with Gasteiger partial charge in [0.15, 0.2) is 0 Å². The molecule has 1 aromatic rings. The highest BCUT2D eigenvalue weighted by molar-refractivity contribution is 5.35. The van der Waals surface area contributed by atoms with Gasteiger partial charge in [-0.2, -0.15) is 0 Å². The molecule has 0 spiro atoms. The molecule has 0 atom stereocenters. The molecular formula is C26H45NO5. The van der Waals surface area contributed by atoms with E-state index in [1.54, 1.807) is 12.1 Å². The van der Waals surface area contributed by atoms with Gasteiger partial charge < -0.3 is 14.2 Å². The molecule has 32 heavy (non-hydrogen) atoms. The molecule has 0 N–H and O–H groups in total. The van der Waals surface area contributed by atoms with E-state index in [1.807, 2.05) is 0 Å². The molecule has 0 bridgehead atoms. The zero-order valence-electron chi connectivity index (χ0n) is 20.2. The van der Waals surface area contributed by atoms with Crippen LogP contribution in [0.4, 0.5) is 5.69 Å². The lowest BCUT2D eigenvalue weighted by atomic mass is 10.0. The van der Waals surface area contributed by atoms with E-state index < -0.39 is 4.92 Å². The van der Waals surface area contributed by atoms with Crippen molar-refractivity contribution in [3.8, 4) is 5.75 Å². The fourth-order valence-electron chi connectivity index (χ4n) is 3.60. The third-order valence-corrected chi connectivity index (χ3v) is 5.56. The second-order valence-corrected chi connectivity index (χ2v) is 8.42. The number of nitro benzene ring substituents is 1. The number of unbranched alkanes of at least 4 members (excludes halogenated alkanes) is 13. The molecule has 0 amide bonds. The van der Waals surface area contributed by atoms with E-state index >= 15 is 0 Å². The van der Waals surface area contributed by atoms with Crippen LogP contribution in [-0.4, -0.2) is 38.0 Å². The Morgan fingerprint density at radius 2 is 1.06 bits per heavy atom. The molecule has 0 heterocycles. The van der Waals surface area contributed by atoms with E-state index in [0.29, 0.717) is 32.2 Å². The smallest absolute Gasteiger partial charge is 0.269 e. The second-order valence-electron chi connectivity index (χ2n) is 8.42. The molecule has 0 aliphatic carbocycles. The normalized spacial score (nSPS) is 11.0. The van der Waals surface area contributed by atoms with Crippen molar-refractivity contribution in [1.29, 1.82) is 0 Å². The molecule has 0 saturated heterocycles. The third-order valence-electron chi connectivity index (χ3n) is 5.56. The van der Waals surface area contributed by atoms with E-state index in [-0.39, 0.29) is 5.69 Å². The number of ether oxygens (including phenoxy) is 3. The van der Waals surface area contributed by atoms with Crippen LogP contribution in [0.2, 0.25) is 0 Å². The molecule has 0 aliphatic rings. The van der Waals surface area contributed by atoms with Crippen LogP contribution in [0.1, 0.15) is 96.8 Å². The predicted octanol–water partition coefficient (Wildman–Crippen LogP) is 7.49. The third kappa shape index (κ3) is 17.0. The Morgan fingerprint density at radius 3 is 1.56 bits per heavy atom. The maximum Gasteiger partial charge on any atom is 0.269 e. The van der Waals surface area contributed by atoms with Crippen LogP contribution >= 0.6 is 0 Å². The van der Waals surface area contributed by atoms with Gasteiger partial charge in [0, 0.05) is 18.7 Å². The Bertz CT molecular complexity index is 550. The number of benzene rings is 1. The molecule has 1 aromatic carbocycles. The van der Waals surface area contributed by atoms with Crippen LogP contribution in [0, 0.1) is 10.1 Å². The van der Waals surface area contributed by atoms with Gasteiger partial charge in [0.1, 0.15) is 12.4 Å². The average molecular weight is 452 g/mol. The Labute approximate surface area is 195 Å². The van der Waals surface area contributed by atoms with E-state index in [0.717, 1.165) is 13.0 Å². The lowest BCUT2D eigenvalue weighted by Gasteiger charge is -2.08. The van der Waals surface area contributed by atoms with Gasteiger partial charge in [-0.15, -0.1) is 0 Å². The second kappa shape index (κ2) is 21.2. The number of rotatable bonds is 23. The van der Waals surface area contributed by atoms with Gasteiger partial charge in [-0.05, 0) is 18.6 Å². The van der Waals surface area contributed by atoms with Gasteiger partial charge in [0.25, 0.3) is 5.69 Å². The van der Waals surface area contributed by atoms with Crippen LogP contribution in [0.3, 0.4) is 0 Å². The van der Waals surface area contributed by atoms with Gasteiger partial charge in [-0.25, -0.2) is 0 Å². The molecule has 0 saturated carbocycles. The van der Waals surface area contributed by atoms with Crippen molar-refractivity contribution < 1.29 is 19.1 Å². The minimum absolute atomic E-state index is 0.0598. The molecule has 0 aliphatic heterocycles. The summed E-state index contributed by atoms with van der Waals surface area (Å²) in [7, 11) is 0. The lowest BCUT2D eigenvalue weighted by Crippen LogP contribution is -2.11. The fraction of sp³-hybridized carbons (Fsp3) is 0.769. The first-order valence-corrected chi connectivity index (χ1v) is 12.8. The van der Waals surface area contributed by atoms with E-state index in [2.05, 4.69) is 6.92 Å². The summed E-state index contributed by atoms with van der Waals surface area (Å²) in [5.41, 5.74) is 0.0598. The van der Waals surface area contributed by atoms with Crippen LogP contribution in [0.5, 0.6) is 5.75 Å². The van der Waals surface area contributed by atoms with Crippen molar-refractivity contribution in [1.82, 2.24) is 0 Å². The molecule has 0 unspecified atom stereocenters. The Hall–Kier alpha value is -1.66. The van der Waals surface area contributed by atoms with Crippen molar-refractivity contribution in [3.63, 3.8) is 0 Å². The van der Waals surface area contributed by atoms with Gasteiger partial charge in [0.2, 0.25) is 0 Å². The summed E-state index contributed by atoms with van der Waals surface area (Å²) in [5, 5.41) is 10.6. The van der Waals surface area contributed by atoms with Crippen molar-refractivity contribution in [2.75, 3.05) is 33.0 Å². The number of hydrogen-bond donors (Lipinski definition) is 0. The van der Waals surface area contributed by atoms with Crippen molar-refractivity contribution >= 4 is 5.69 Å².